The number of carbonyl (C=O) groups is 2. The molecule has 0 aromatic rings. The zero-order valence-electron chi connectivity index (χ0n) is 14.7. The van der Waals surface area contributed by atoms with Gasteiger partial charge in [-0.15, -0.1) is 0 Å². The highest BCUT2D eigenvalue weighted by Crippen LogP contribution is 1.96. The van der Waals surface area contributed by atoms with Crippen LogP contribution in [0.15, 0.2) is 0 Å². The largest absolute Gasteiger partial charge is 0.379 e. The maximum absolute atomic E-state index is 11.4. The van der Waals surface area contributed by atoms with E-state index in [0.29, 0.717) is 58.8 Å². The van der Waals surface area contributed by atoms with Crippen molar-refractivity contribution in [1.29, 1.82) is 0 Å². The lowest BCUT2D eigenvalue weighted by Gasteiger charge is -2.07. The molecule has 0 atom stereocenters. The molecule has 0 aliphatic heterocycles. The van der Waals surface area contributed by atoms with Crippen LogP contribution >= 0.6 is 0 Å². The van der Waals surface area contributed by atoms with E-state index >= 15 is 0 Å². The molecule has 0 saturated carbocycles. The van der Waals surface area contributed by atoms with Gasteiger partial charge in [0.15, 0.2) is 0 Å². The first-order valence-corrected chi connectivity index (χ1v) is 8.66. The van der Waals surface area contributed by atoms with Gasteiger partial charge in [-0.05, 0) is 26.2 Å². The second-order valence-corrected chi connectivity index (χ2v) is 5.45. The van der Waals surface area contributed by atoms with Crippen LogP contribution in [0.2, 0.25) is 0 Å². The number of ether oxygens (including phenoxy) is 3. The molecule has 0 fully saturated rings. The fraction of sp³-hybridized carbons (Fsp3) is 0.882. The smallest absolute Gasteiger partial charge is 0.220 e. The molecule has 6 heteroatoms. The molecular weight excluding hydrogens is 298 g/mol. The van der Waals surface area contributed by atoms with E-state index in [0.717, 1.165) is 25.9 Å². The van der Waals surface area contributed by atoms with Gasteiger partial charge in [0, 0.05) is 32.6 Å². The predicted molar refractivity (Wildman–Crippen MR) is 89.5 cm³/mol. The summed E-state index contributed by atoms with van der Waals surface area (Å²) >= 11 is 0. The highest BCUT2D eigenvalue weighted by atomic mass is 16.5. The molecular formula is C17H33NO5. The van der Waals surface area contributed by atoms with Gasteiger partial charge in [0.2, 0.25) is 5.91 Å². The van der Waals surface area contributed by atoms with Gasteiger partial charge in [-0.2, -0.15) is 0 Å². The van der Waals surface area contributed by atoms with Crippen molar-refractivity contribution in [2.45, 2.75) is 52.4 Å². The van der Waals surface area contributed by atoms with Gasteiger partial charge < -0.3 is 24.3 Å². The van der Waals surface area contributed by atoms with Gasteiger partial charge in [0.05, 0.1) is 26.4 Å². The van der Waals surface area contributed by atoms with Crippen molar-refractivity contribution in [3.05, 3.63) is 0 Å². The summed E-state index contributed by atoms with van der Waals surface area (Å²) in [5.41, 5.74) is 0. The molecule has 1 N–H and O–H groups in total. The number of carbonyl (C=O) groups excluding carboxylic acids is 2. The van der Waals surface area contributed by atoms with Crippen LogP contribution in [-0.2, 0) is 23.8 Å². The molecule has 0 aromatic carbocycles. The quantitative estimate of drug-likeness (QED) is 0.413. The Morgan fingerprint density at radius 2 is 1.35 bits per heavy atom. The van der Waals surface area contributed by atoms with Gasteiger partial charge in [-0.1, -0.05) is 13.3 Å². The molecule has 0 unspecified atom stereocenters. The number of hydrogen-bond acceptors (Lipinski definition) is 5. The van der Waals surface area contributed by atoms with Crippen LogP contribution in [0.5, 0.6) is 0 Å². The summed E-state index contributed by atoms with van der Waals surface area (Å²) in [6.45, 7) is 8.04. The van der Waals surface area contributed by atoms with Crippen molar-refractivity contribution in [3.63, 3.8) is 0 Å². The minimum atomic E-state index is -0.00217. The fourth-order valence-electron chi connectivity index (χ4n) is 1.78. The first-order valence-electron chi connectivity index (χ1n) is 8.66. The van der Waals surface area contributed by atoms with E-state index in [-0.39, 0.29) is 11.7 Å². The molecule has 0 rings (SSSR count). The molecule has 136 valence electrons. The molecule has 0 aliphatic rings. The second-order valence-electron chi connectivity index (χ2n) is 5.45. The van der Waals surface area contributed by atoms with E-state index in [4.69, 9.17) is 14.2 Å². The Morgan fingerprint density at radius 3 is 1.91 bits per heavy atom. The van der Waals surface area contributed by atoms with Crippen LogP contribution in [0.25, 0.3) is 0 Å². The maximum atomic E-state index is 11.4. The molecule has 0 saturated heterocycles. The molecule has 0 radical (unpaired) electrons. The Kier molecular flexibility index (Phi) is 16.6. The summed E-state index contributed by atoms with van der Waals surface area (Å²) in [5.74, 6) is 0.124. The number of rotatable bonds is 17. The van der Waals surface area contributed by atoms with Crippen LogP contribution in [0.3, 0.4) is 0 Å². The number of hydrogen-bond donors (Lipinski definition) is 1. The molecule has 6 nitrogen and oxygen atoms in total. The first kappa shape index (κ1) is 22.0. The zero-order valence-corrected chi connectivity index (χ0v) is 14.7. The number of Topliss-reactive ketones (excluding diaryl/α,β-unsaturated/α-hetero) is 1. The topological polar surface area (TPSA) is 73.9 Å². The van der Waals surface area contributed by atoms with Crippen molar-refractivity contribution >= 4 is 11.7 Å². The normalized spacial score (nSPS) is 10.7. The Bertz CT molecular complexity index is 297. The SMILES string of the molecule is CCCCOCCOCCOCCCNC(=O)CCCC(C)=O. The molecule has 0 bridgehead atoms. The number of amides is 1. The van der Waals surface area contributed by atoms with Gasteiger partial charge in [-0.3, -0.25) is 4.79 Å². The average molecular weight is 331 g/mol. The highest BCUT2D eigenvalue weighted by molar-refractivity contribution is 5.78. The Hall–Kier alpha value is -0.980. The third kappa shape index (κ3) is 19.0. The van der Waals surface area contributed by atoms with Crippen molar-refractivity contribution in [2.24, 2.45) is 0 Å². The molecule has 0 aromatic heterocycles. The summed E-state index contributed by atoms with van der Waals surface area (Å²) in [4.78, 5) is 22.2. The van der Waals surface area contributed by atoms with Crippen LogP contribution in [-0.4, -0.2) is 57.9 Å². The van der Waals surface area contributed by atoms with E-state index in [1.54, 1.807) is 6.92 Å². The van der Waals surface area contributed by atoms with Gasteiger partial charge in [-0.25, -0.2) is 0 Å². The highest BCUT2D eigenvalue weighted by Gasteiger charge is 2.01. The monoisotopic (exact) mass is 331 g/mol. The summed E-state index contributed by atoms with van der Waals surface area (Å²) < 4.78 is 16.2. The molecule has 0 spiro atoms. The summed E-state index contributed by atoms with van der Waals surface area (Å²) in [6, 6.07) is 0. The van der Waals surface area contributed by atoms with Crippen LogP contribution in [0, 0.1) is 0 Å². The second kappa shape index (κ2) is 17.4. The molecule has 1 amide bonds. The Morgan fingerprint density at radius 1 is 0.783 bits per heavy atom. The van der Waals surface area contributed by atoms with E-state index in [2.05, 4.69) is 12.2 Å². The zero-order chi connectivity index (χ0) is 17.2. The molecule has 0 heterocycles. The molecule has 0 aliphatic carbocycles. The van der Waals surface area contributed by atoms with Gasteiger partial charge in [0.25, 0.3) is 0 Å². The standard InChI is InChI=1S/C17H33NO5/c1-3-4-10-21-12-14-23-15-13-22-11-6-9-18-17(20)8-5-7-16(2)19/h3-15H2,1-2H3,(H,18,20). The van der Waals surface area contributed by atoms with Crippen molar-refractivity contribution in [3.8, 4) is 0 Å². The van der Waals surface area contributed by atoms with Crippen LogP contribution in [0.1, 0.15) is 52.4 Å². The lowest BCUT2D eigenvalue weighted by molar-refractivity contribution is -0.121. The molecule has 23 heavy (non-hydrogen) atoms. The van der Waals surface area contributed by atoms with Crippen molar-refractivity contribution < 1.29 is 23.8 Å². The van der Waals surface area contributed by atoms with E-state index in [9.17, 15) is 9.59 Å². The Labute approximate surface area is 140 Å². The van der Waals surface area contributed by atoms with Crippen molar-refractivity contribution in [2.75, 3.05) is 46.2 Å². The van der Waals surface area contributed by atoms with Crippen molar-refractivity contribution in [1.82, 2.24) is 5.32 Å². The Balaban J connectivity index is 3.12. The third-order valence-electron chi connectivity index (χ3n) is 3.11. The van der Waals surface area contributed by atoms with Crippen LogP contribution < -0.4 is 5.32 Å². The predicted octanol–water partition coefficient (Wildman–Crippen LogP) is 2.10. The maximum Gasteiger partial charge on any atom is 0.220 e. The summed E-state index contributed by atoms with van der Waals surface area (Å²) in [7, 11) is 0. The third-order valence-corrected chi connectivity index (χ3v) is 3.11. The summed E-state index contributed by atoms with van der Waals surface area (Å²) in [6.07, 6.45) is 4.52. The van der Waals surface area contributed by atoms with Gasteiger partial charge >= 0.3 is 0 Å². The first-order chi connectivity index (χ1) is 11.2. The minimum Gasteiger partial charge on any atom is -0.379 e. The minimum absolute atomic E-state index is 0.00217. The average Bonchev–Trinajstić information content (AvgIpc) is 2.51. The number of nitrogens with one attached hydrogen (secondary N) is 1. The van der Waals surface area contributed by atoms with E-state index < -0.39 is 0 Å². The summed E-state index contributed by atoms with van der Waals surface area (Å²) in [5, 5.41) is 2.81. The fourth-order valence-corrected chi connectivity index (χ4v) is 1.78. The van der Waals surface area contributed by atoms with Crippen LogP contribution in [0.4, 0.5) is 0 Å². The number of ketones is 1. The lowest BCUT2D eigenvalue weighted by Crippen LogP contribution is -2.25. The lowest BCUT2D eigenvalue weighted by atomic mass is 10.2. The number of unbranched alkanes of at least 4 members (excludes halogenated alkanes) is 1. The van der Waals surface area contributed by atoms with E-state index in [1.807, 2.05) is 0 Å². The van der Waals surface area contributed by atoms with Gasteiger partial charge in [0.1, 0.15) is 5.78 Å². The van der Waals surface area contributed by atoms with E-state index in [1.165, 1.54) is 0 Å².